The number of hydrogen-bond acceptors (Lipinski definition) is 4. The predicted molar refractivity (Wildman–Crippen MR) is 114 cm³/mol. The molecule has 0 bridgehead atoms. The van der Waals surface area contributed by atoms with Crippen LogP contribution in [0.15, 0.2) is 72.8 Å². The fourth-order valence-electron chi connectivity index (χ4n) is 2.96. The third-order valence-corrected chi connectivity index (χ3v) is 4.32. The number of para-hydroxylation sites is 1. The molecule has 0 aliphatic carbocycles. The first-order chi connectivity index (χ1) is 13.9. The van der Waals surface area contributed by atoms with Gasteiger partial charge in [-0.1, -0.05) is 60.7 Å². The van der Waals surface area contributed by atoms with Gasteiger partial charge < -0.3 is 14.6 Å². The van der Waals surface area contributed by atoms with Crippen LogP contribution in [0.5, 0.6) is 5.75 Å². The second kappa shape index (κ2) is 8.93. The highest BCUT2D eigenvalue weighted by Crippen LogP contribution is 2.34. The summed E-state index contributed by atoms with van der Waals surface area (Å²) in [6, 6.07) is 22.8. The summed E-state index contributed by atoms with van der Waals surface area (Å²) >= 11 is 0. The van der Waals surface area contributed by atoms with Crippen molar-refractivity contribution < 1.29 is 19.4 Å². The molecule has 3 aromatic carbocycles. The topological polar surface area (TPSA) is 55.8 Å². The second-order valence-electron chi connectivity index (χ2n) is 7.81. The molecule has 3 aromatic rings. The van der Waals surface area contributed by atoms with E-state index in [0.29, 0.717) is 17.9 Å². The van der Waals surface area contributed by atoms with E-state index in [1.54, 1.807) is 12.1 Å². The van der Waals surface area contributed by atoms with E-state index in [1.165, 1.54) is 0 Å². The number of esters is 1. The first-order valence-electron chi connectivity index (χ1n) is 9.60. The molecule has 4 nitrogen and oxygen atoms in total. The van der Waals surface area contributed by atoms with Gasteiger partial charge in [0.2, 0.25) is 0 Å². The SMILES string of the molecule is CC(C)(C)OC(=O)c1ccc(-c2cccc(CO)c2OCc2ccccc2)cc1. The van der Waals surface area contributed by atoms with E-state index < -0.39 is 5.60 Å². The van der Waals surface area contributed by atoms with Gasteiger partial charge in [-0.05, 0) is 44.0 Å². The molecule has 150 valence electrons. The Morgan fingerprint density at radius 1 is 0.897 bits per heavy atom. The van der Waals surface area contributed by atoms with E-state index in [2.05, 4.69) is 0 Å². The highest BCUT2D eigenvalue weighted by Gasteiger charge is 2.18. The highest BCUT2D eigenvalue weighted by molar-refractivity contribution is 5.90. The molecule has 0 spiro atoms. The number of carbonyl (C=O) groups excluding carboxylic acids is 1. The van der Waals surface area contributed by atoms with Crippen molar-refractivity contribution >= 4 is 5.97 Å². The van der Waals surface area contributed by atoms with Gasteiger partial charge in [0.25, 0.3) is 0 Å². The fourth-order valence-corrected chi connectivity index (χ4v) is 2.96. The van der Waals surface area contributed by atoms with Crippen molar-refractivity contribution in [2.75, 3.05) is 0 Å². The number of hydrogen-bond donors (Lipinski definition) is 1. The lowest BCUT2D eigenvalue weighted by atomic mass is 10.00. The minimum Gasteiger partial charge on any atom is -0.488 e. The Morgan fingerprint density at radius 2 is 1.59 bits per heavy atom. The summed E-state index contributed by atoms with van der Waals surface area (Å²) in [7, 11) is 0. The first kappa shape index (κ1) is 20.6. The van der Waals surface area contributed by atoms with Gasteiger partial charge in [-0.25, -0.2) is 4.79 Å². The molecule has 0 fully saturated rings. The number of ether oxygens (including phenoxy) is 2. The number of aliphatic hydroxyl groups excluding tert-OH is 1. The van der Waals surface area contributed by atoms with Crippen LogP contribution in [0.3, 0.4) is 0 Å². The maximum atomic E-state index is 12.3. The Bertz CT molecular complexity index is 954. The van der Waals surface area contributed by atoms with E-state index in [0.717, 1.165) is 22.3 Å². The van der Waals surface area contributed by atoms with Crippen molar-refractivity contribution in [2.45, 2.75) is 39.6 Å². The van der Waals surface area contributed by atoms with Crippen molar-refractivity contribution in [3.05, 3.63) is 89.5 Å². The maximum Gasteiger partial charge on any atom is 0.338 e. The van der Waals surface area contributed by atoms with Gasteiger partial charge in [0.15, 0.2) is 0 Å². The molecule has 0 amide bonds. The summed E-state index contributed by atoms with van der Waals surface area (Å²) in [5.41, 5.74) is 3.48. The molecule has 0 radical (unpaired) electrons. The van der Waals surface area contributed by atoms with E-state index in [4.69, 9.17) is 9.47 Å². The Labute approximate surface area is 171 Å². The molecule has 0 aliphatic heterocycles. The fraction of sp³-hybridized carbons (Fsp3) is 0.240. The molecule has 0 heterocycles. The first-order valence-corrected chi connectivity index (χ1v) is 9.60. The summed E-state index contributed by atoms with van der Waals surface area (Å²) in [5, 5.41) is 9.77. The van der Waals surface area contributed by atoms with Crippen LogP contribution in [0, 0.1) is 0 Å². The van der Waals surface area contributed by atoms with Gasteiger partial charge >= 0.3 is 5.97 Å². The third kappa shape index (κ3) is 5.46. The van der Waals surface area contributed by atoms with E-state index in [9.17, 15) is 9.90 Å². The molecule has 0 saturated carbocycles. The normalized spacial score (nSPS) is 11.2. The monoisotopic (exact) mass is 390 g/mol. The number of rotatable bonds is 6. The van der Waals surface area contributed by atoms with Crippen LogP contribution in [0.4, 0.5) is 0 Å². The molecular formula is C25H26O4. The standard InChI is InChI=1S/C25H26O4/c1-25(2,3)29-24(27)20-14-12-19(13-15-20)22-11-7-10-21(16-26)23(22)28-17-18-8-5-4-6-9-18/h4-15,26H,16-17H2,1-3H3. The average molecular weight is 390 g/mol. The van der Waals surface area contributed by atoms with Crippen LogP contribution in [0.25, 0.3) is 11.1 Å². The molecule has 0 unspecified atom stereocenters. The molecule has 29 heavy (non-hydrogen) atoms. The Morgan fingerprint density at radius 3 is 2.21 bits per heavy atom. The lowest BCUT2D eigenvalue weighted by Crippen LogP contribution is -2.23. The molecule has 0 saturated heterocycles. The summed E-state index contributed by atoms with van der Waals surface area (Å²) in [6.07, 6.45) is 0. The quantitative estimate of drug-likeness (QED) is 0.574. The van der Waals surface area contributed by atoms with Gasteiger partial charge in [0, 0.05) is 11.1 Å². The summed E-state index contributed by atoms with van der Waals surface area (Å²) in [6.45, 7) is 5.82. The van der Waals surface area contributed by atoms with Crippen LogP contribution in [0.1, 0.15) is 42.3 Å². The van der Waals surface area contributed by atoms with E-state index in [1.807, 2.05) is 81.4 Å². The van der Waals surface area contributed by atoms with E-state index >= 15 is 0 Å². The maximum absolute atomic E-state index is 12.3. The molecule has 0 aromatic heterocycles. The van der Waals surface area contributed by atoms with Crippen LogP contribution in [-0.2, 0) is 18.0 Å². The summed E-state index contributed by atoms with van der Waals surface area (Å²) in [4.78, 5) is 12.3. The van der Waals surface area contributed by atoms with Crippen LogP contribution in [-0.4, -0.2) is 16.7 Å². The Balaban J connectivity index is 1.87. The van der Waals surface area contributed by atoms with Crippen LogP contribution < -0.4 is 4.74 Å². The lowest BCUT2D eigenvalue weighted by molar-refractivity contribution is 0.00695. The van der Waals surface area contributed by atoms with Gasteiger partial charge in [0.1, 0.15) is 18.0 Å². The summed E-state index contributed by atoms with van der Waals surface area (Å²) in [5.74, 6) is 0.289. The van der Waals surface area contributed by atoms with Crippen molar-refractivity contribution in [3.8, 4) is 16.9 Å². The lowest BCUT2D eigenvalue weighted by Gasteiger charge is -2.19. The zero-order chi connectivity index (χ0) is 20.9. The molecular weight excluding hydrogens is 364 g/mol. The third-order valence-electron chi connectivity index (χ3n) is 4.32. The molecule has 0 aliphatic rings. The number of benzene rings is 3. The molecule has 4 heteroatoms. The minimum atomic E-state index is -0.538. The Hall–Kier alpha value is -3.11. The average Bonchev–Trinajstić information content (AvgIpc) is 2.71. The Kier molecular flexibility index (Phi) is 6.35. The second-order valence-corrected chi connectivity index (χ2v) is 7.81. The number of aliphatic hydroxyl groups is 1. The zero-order valence-electron chi connectivity index (χ0n) is 17.0. The number of carbonyl (C=O) groups is 1. The smallest absolute Gasteiger partial charge is 0.338 e. The molecule has 1 N–H and O–H groups in total. The van der Waals surface area contributed by atoms with Gasteiger partial charge in [-0.3, -0.25) is 0 Å². The highest BCUT2D eigenvalue weighted by atomic mass is 16.6. The zero-order valence-corrected chi connectivity index (χ0v) is 17.0. The largest absolute Gasteiger partial charge is 0.488 e. The van der Waals surface area contributed by atoms with Crippen molar-refractivity contribution in [1.29, 1.82) is 0 Å². The van der Waals surface area contributed by atoms with Gasteiger partial charge in [-0.2, -0.15) is 0 Å². The van der Waals surface area contributed by atoms with Crippen molar-refractivity contribution in [2.24, 2.45) is 0 Å². The van der Waals surface area contributed by atoms with Gasteiger partial charge in [-0.15, -0.1) is 0 Å². The molecule has 3 rings (SSSR count). The van der Waals surface area contributed by atoms with Crippen molar-refractivity contribution in [3.63, 3.8) is 0 Å². The minimum absolute atomic E-state index is 0.117. The summed E-state index contributed by atoms with van der Waals surface area (Å²) < 4.78 is 11.5. The predicted octanol–water partition coefficient (Wildman–Crippen LogP) is 5.38. The van der Waals surface area contributed by atoms with Crippen molar-refractivity contribution in [1.82, 2.24) is 0 Å². The van der Waals surface area contributed by atoms with E-state index in [-0.39, 0.29) is 12.6 Å². The molecule has 0 atom stereocenters. The van der Waals surface area contributed by atoms with Crippen LogP contribution >= 0.6 is 0 Å². The van der Waals surface area contributed by atoms with Crippen LogP contribution in [0.2, 0.25) is 0 Å². The van der Waals surface area contributed by atoms with Gasteiger partial charge in [0.05, 0.1) is 12.2 Å².